The summed E-state index contributed by atoms with van der Waals surface area (Å²) in [5.74, 6) is 2.38. The summed E-state index contributed by atoms with van der Waals surface area (Å²) < 4.78 is 7.18. The predicted octanol–water partition coefficient (Wildman–Crippen LogP) is 4.17. The first-order valence-electron chi connectivity index (χ1n) is 9.25. The molecule has 0 aliphatic carbocycles. The molecule has 144 valence electrons. The lowest BCUT2D eigenvalue weighted by Gasteiger charge is -2.24. The van der Waals surface area contributed by atoms with E-state index in [4.69, 9.17) is 4.74 Å². The Hall–Kier alpha value is -1.87. The summed E-state index contributed by atoms with van der Waals surface area (Å²) in [4.78, 5) is 13.6. The molecule has 0 saturated heterocycles. The molecular formula is C20H26IN5O. The van der Waals surface area contributed by atoms with E-state index in [0.29, 0.717) is 12.6 Å². The van der Waals surface area contributed by atoms with Crippen LogP contribution in [0, 0.1) is 0 Å². The molecule has 2 aromatic rings. The third-order valence-electron chi connectivity index (χ3n) is 4.52. The summed E-state index contributed by atoms with van der Waals surface area (Å²) in [6.45, 7) is 8.90. The maximum atomic E-state index is 5.90. The molecule has 1 aromatic heterocycles. The van der Waals surface area contributed by atoms with Crippen LogP contribution in [0.25, 0.3) is 6.08 Å². The highest BCUT2D eigenvalue weighted by atomic mass is 127. The molecule has 7 heteroatoms. The number of benzene rings is 1. The van der Waals surface area contributed by atoms with Gasteiger partial charge in [-0.05, 0) is 53.9 Å². The third-order valence-corrected chi connectivity index (χ3v) is 5.17. The Bertz CT molecular complexity index is 807. The molecular weight excluding hydrogens is 453 g/mol. The molecule has 6 nitrogen and oxygen atoms in total. The first-order valence-corrected chi connectivity index (χ1v) is 10.3. The fourth-order valence-corrected chi connectivity index (χ4v) is 3.84. The van der Waals surface area contributed by atoms with Gasteiger partial charge in [0.25, 0.3) is 0 Å². The van der Waals surface area contributed by atoms with Crippen molar-refractivity contribution >= 4 is 46.1 Å². The van der Waals surface area contributed by atoms with Crippen molar-refractivity contribution in [1.82, 2.24) is 14.9 Å². The summed E-state index contributed by atoms with van der Waals surface area (Å²) in [7, 11) is 2.05. The fourth-order valence-electron chi connectivity index (χ4n) is 2.99. The summed E-state index contributed by atoms with van der Waals surface area (Å²) in [5, 5.41) is 3.29. The Morgan fingerprint density at radius 1 is 1.30 bits per heavy atom. The normalized spacial score (nSPS) is 13.4. The molecule has 1 N–H and O–H groups in total. The largest absolute Gasteiger partial charge is 0.492 e. The molecule has 0 atom stereocenters. The molecule has 0 amide bonds. The standard InChI is InChI=1S/C20H26IN5O/c1-4-26(5-2)9-10-27-18-8-6-7-17(12-18)23-20-22-13-15-11-16(21)14-25(3)19(15)24-20/h6-8,11-13H,4-5,9-10,14H2,1-3H3,(H,22,23,24). The number of halogens is 1. The van der Waals surface area contributed by atoms with Gasteiger partial charge in [0.05, 0.1) is 0 Å². The SMILES string of the molecule is CCN(CC)CCOc1cccc(Nc2ncc3c(n2)N(C)CC(I)=C3)c1. The van der Waals surface area contributed by atoms with E-state index in [0.717, 1.165) is 49.0 Å². The average Bonchev–Trinajstić information content (AvgIpc) is 2.66. The van der Waals surface area contributed by atoms with Crippen LogP contribution in [0.3, 0.4) is 0 Å². The number of hydrogen-bond acceptors (Lipinski definition) is 6. The number of likely N-dealkylation sites (N-methyl/N-ethyl adjacent to an activating group) is 2. The van der Waals surface area contributed by atoms with Crippen LogP contribution in [-0.2, 0) is 0 Å². The zero-order valence-electron chi connectivity index (χ0n) is 16.1. The maximum absolute atomic E-state index is 5.90. The van der Waals surface area contributed by atoms with E-state index in [1.807, 2.05) is 37.5 Å². The third kappa shape index (κ3) is 5.32. The Kier molecular flexibility index (Phi) is 6.89. The molecule has 0 saturated carbocycles. The van der Waals surface area contributed by atoms with Gasteiger partial charge in [0.15, 0.2) is 0 Å². The molecule has 1 aromatic carbocycles. The monoisotopic (exact) mass is 479 g/mol. The smallest absolute Gasteiger partial charge is 0.229 e. The lowest BCUT2D eigenvalue weighted by Crippen LogP contribution is -2.27. The molecule has 0 bridgehead atoms. The quantitative estimate of drug-likeness (QED) is 0.574. The van der Waals surface area contributed by atoms with Crippen LogP contribution in [-0.4, -0.2) is 54.7 Å². The molecule has 0 radical (unpaired) electrons. The van der Waals surface area contributed by atoms with E-state index in [1.165, 1.54) is 3.58 Å². The molecule has 2 heterocycles. The van der Waals surface area contributed by atoms with E-state index in [-0.39, 0.29) is 0 Å². The number of anilines is 3. The Morgan fingerprint density at radius 3 is 2.89 bits per heavy atom. The molecule has 1 aliphatic rings. The number of rotatable bonds is 8. The van der Waals surface area contributed by atoms with E-state index < -0.39 is 0 Å². The summed E-state index contributed by atoms with van der Waals surface area (Å²) in [6, 6.07) is 7.93. The number of nitrogens with one attached hydrogen (secondary N) is 1. The summed E-state index contributed by atoms with van der Waals surface area (Å²) in [6.07, 6.45) is 3.99. The topological polar surface area (TPSA) is 53.5 Å². The van der Waals surface area contributed by atoms with Crippen LogP contribution < -0.4 is 15.0 Å². The van der Waals surface area contributed by atoms with Gasteiger partial charge in [0.1, 0.15) is 18.2 Å². The van der Waals surface area contributed by atoms with Crippen molar-refractivity contribution in [2.75, 3.05) is 50.1 Å². The predicted molar refractivity (Wildman–Crippen MR) is 120 cm³/mol. The highest BCUT2D eigenvalue weighted by Gasteiger charge is 2.16. The average molecular weight is 479 g/mol. The number of hydrogen-bond donors (Lipinski definition) is 1. The second kappa shape index (κ2) is 9.36. The van der Waals surface area contributed by atoms with Crippen LogP contribution in [0.5, 0.6) is 5.75 Å². The van der Waals surface area contributed by atoms with Crippen molar-refractivity contribution in [3.63, 3.8) is 0 Å². The van der Waals surface area contributed by atoms with Crippen molar-refractivity contribution in [3.8, 4) is 5.75 Å². The molecule has 0 fully saturated rings. The van der Waals surface area contributed by atoms with Crippen LogP contribution in [0.15, 0.2) is 34.0 Å². The van der Waals surface area contributed by atoms with E-state index >= 15 is 0 Å². The van der Waals surface area contributed by atoms with Gasteiger partial charge >= 0.3 is 0 Å². The molecule has 27 heavy (non-hydrogen) atoms. The van der Waals surface area contributed by atoms with E-state index in [9.17, 15) is 0 Å². The maximum Gasteiger partial charge on any atom is 0.229 e. The fraction of sp³-hybridized carbons (Fsp3) is 0.400. The van der Waals surface area contributed by atoms with Crippen LogP contribution >= 0.6 is 22.6 Å². The first-order chi connectivity index (χ1) is 13.1. The number of aromatic nitrogens is 2. The molecule has 0 spiro atoms. The van der Waals surface area contributed by atoms with E-state index in [1.54, 1.807) is 0 Å². The van der Waals surface area contributed by atoms with Gasteiger partial charge in [0.2, 0.25) is 5.95 Å². The van der Waals surface area contributed by atoms with Crippen LogP contribution in [0.4, 0.5) is 17.5 Å². The van der Waals surface area contributed by atoms with Crippen LogP contribution in [0.2, 0.25) is 0 Å². The van der Waals surface area contributed by atoms with Crippen molar-refractivity contribution in [2.24, 2.45) is 0 Å². The molecule has 0 unspecified atom stereocenters. The minimum Gasteiger partial charge on any atom is -0.492 e. The van der Waals surface area contributed by atoms with Crippen molar-refractivity contribution in [3.05, 3.63) is 39.6 Å². The lowest BCUT2D eigenvalue weighted by molar-refractivity contribution is 0.223. The van der Waals surface area contributed by atoms with Gasteiger partial charge in [0, 0.05) is 47.2 Å². The number of ether oxygens (including phenoxy) is 1. The lowest BCUT2D eigenvalue weighted by atomic mass is 10.2. The molecule has 3 rings (SSSR count). The molecule has 1 aliphatic heterocycles. The van der Waals surface area contributed by atoms with Crippen molar-refractivity contribution in [2.45, 2.75) is 13.8 Å². The minimum absolute atomic E-state index is 0.589. The Labute approximate surface area is 174 Å². The van der Waals surface area contributed by atoms with E-state index in [2.05, 4.69) is 67.6 Å². The first kappa shape index (κ1) is 19.9. The van der Waals surface area contributed by atoms with Crippen LogP contribution in [0.1, 0.15) is 19.4 Å². The zero-order chi connectivity index (χ0) is 19.2. The van der Waals surface area contributed by atoms with Crippen molar-refractivity contribution in [1.29, 1.82) is 0 Å². The Balaban J connectivity index is 1.65. The van der Waals surface area contributed by atoms with Gasteiger partial charge in [-0.25, -0.2) is 4.98 Å². The van der Waals surface area contributed by atoms with Gasteiger partial charge in [-0.3, -0.25) is 0 Å². The second-order valence-electron chi connectivity index (χ2n) is 6.45. The summed E-state index contributed by atoms with van der Waals surface area (Å²) in [5.41, 5.74) is 1.96. The Morgan fingerprint density at radius 2 is 2.11 bits per heavy atom. The number of fused-ring (bicyclic) bond motifs is 1. The van der Waals surface area contributed by atoms with Crippen molar-refractivity contribution < 1.29 is 4.74 Å². The number of nitrogens with zero attached hydrogens (tertiary/aromatic N) is 4. The highest BCUT2D eigenvalue weighted by Crippen LogP contribution is 2.29. The highest BCUT2D eigenvalue weighted by molar-refractivity contribution is 14.1. The van der Waals surface area contributed by atoms with Gasteiger partial charge in [-0.15, -0.1) is 0 Å². The van der Waals surface area contributed by atoms with Gasteiger partial charge in [-0.1, -0.05) is 19.9 Å². The second-order valence-corrected chi connectivity index (χ2v) is 7.83. The zero-order valence-corrected chi connectivity index (χ0v) is 18.2. The van der Waals surface area contributed by atoms with Gasteiger partial charge in [-0.2, -0.15) is 4.98 Å². The van der Waals surface area contributed by atoms with Gasteiger partial charge < -0.3 is 19.9 Å². The minimum atomic E-state index is 0.589. The summed E-state index contributed by atoms with van der Waals surface area (Å²) >= 11 is 2.35.